The predicted octanol–water partition coefficient (Wildman–Crippen LogP) is 1.75. The highest BCUT2D eigenvalue weighted by Gasteiger charge is 2.48. The maximum Gasteiger partial charge on any atom is 0.321 e. The maximum atomic E-state index is 11.3. The van der Waals surface area contributed by atoms with Crippen molar-refractivity contribution in [3.05, 3.63) is 12.7 Å². The van der Waals surface area contributed by atoms with Crippen LogP contribution in [0, 0.1) is 11.8 Å². The number of nitrogens with zero attached hydrogens (tertiary/aromatic N) is 1. The topological polar surface area (TPSA) is 40.5 Å². The minimum absolute atomic E-state index is 0.177. The van der Waals surface area contributed by atoms with E-state index in [1.807, 2.05) is 13.0 Å². The van der Waals surface area contributed by atoms with Gasteiger partial charge in [0.15, 0.2) is 0 Å². The second-order valence-corrected chi connectivity index (χ2v) is 4.81. The van der Waals surface area contributed by atoms with Gasteiger partial charge in [-0.3, -0.25) is 9.69 Å². The number of rotatable bonds is 3. The lowest BCUT2D eigenvalue weighted by Gasteiger charge is -2.28. The van der Waals surface area contributed by atoms with Crippen molar-refractivity contribution >= 4 is 5.97 Å². The Morgan fingerprint density at radius 2 is 2.33 bits per heavy atom. The Kier molecular flexibility index (Phi) is 2.83. The number of carboxylic acid groups (broad SMARTS) is 1. The predicted molar refractivity (Wildman–Crippen MR) is 58.6 cm³/mol. The molecule has 15 heavy (non-hydrogen) atoms. The lowest BCUT2D eigenvalue weighted by molar-refractivity contribution is -0.144. The fourth-order valence-corrected chi connectivity index (χ4v) is 3.22. The molecule has 1 saturated carbocycles. The van der Waals surface area contributed by atoms with Crippen LogP contribution in [-0.4, -0.2) is 34.6 Å². The highest BCUT2D eigenvalue weighted by molar-refractivity contribution is 5.74. The number of aliphatic carboxylic acids is 1. The molecule has 84 valence electrons. The first-order valence-corrected chi connectivity index (χ1v) is 5.76. The lowest BCUT2D eigenvalue weighted by Crippen LogP contribution is -2.43. The van der Waals surface area contributed by atoms with Crippen molar-refractivity contribution < 1.29 is 9.90 Å². The summed E-state index contributed by atoms with van der Waals surface area (Å²) in [6.07, 6.45) is 5.34. The zero-order valence-electron chi connectivity index (χ0n) is 9.22. The number of hydrogen-bond donors (Lipinski definition) is 1. The fourth-order valence-electron chi connectivity index (χ4n) is 3.22. The molecule has 3 heteroatoms. The number of hydrogen-bond acceptors (Lipinski definition) is 2. The van der Waals surface area contributed by atoms with Gasteiger partial charge in [-0.05, 0) is 31.6 Å². The van der Waals surface area contributed by atoms with E-state index in [-0.39, 0.29) is 12.1 Å². The van der Waals surface area contributed by atoms with Crippen LogP contribution in [0.4, 0.5) is 0 Å². The standard InChI is InChI=1S/C12H19NO2/c1-3-8(2)13-7-9-5-4-6-10(9)11(13)12(14)15/h3,8-11H,1,4-7H2,2H3,(H,14,15). The minimum Gasteiger partial charge on any atom is -0.480 e. The summed E-state index contributed by atoms with van der Waals surface area (Å²) in [7, 11) is 0. The highest BCUT2D eigenvalue weighted by Crippen LogP contribution is 2.42. The molecule has 3 nitrogen and oxygen atoms in total. The quantitative estimate of drug-likeness (QED) is 0.720. The molecule has 0 aromatic carbocycles. The molecule has 4 unspecified atom stereocenters. The molecule has 1 heterocycles. The number of carbonyl (C=O) groups is 1. The summed E-state index contributed by atoms with van der Waals surface area (Å²) in [4.78, 5) is 13.4. The molecule has 2 aliphatic rings. The Morgan fingerprint density at radius 3 is 2.93 bits per heavy atom. The summed E-state index contributed by atoms with van der Waals surface area (Å²) >= 11 is 0. The Labute approximate surface area is 90.8 Å². The van der Waals surface area contributed by atoms with E-state index in [1.165, 1.54) is 12.8 Å². The van der Waals surface area contributed by atoms with E-state index >= 15 is 0 Å². The third-order valence-corrected chi connectivity index (χ3v) is 4.04. The molecule has 2 rings (SSSR count). The van der Waals surface area contributed by atoms with E-state index in [2.05, 4.69) is 11.5 Å². The third kappa shape index (κ3) is 1.69. The van der Waals surface area contributed by atoms with Gasteiger partial charge >= 0.3 is 5.97 Å². The Balaban J connectivity index is 2.18. The van der Waals surface area contributed by atoms with Crippen LogP contribution in [-0.2, 0) is 4.79 Å². The van der Waals surface area contributed by atoms with Crippen molar-refractivity contribution in [2.75, 3.05) is 6.54 Å². The van der Waals surface area contributed by atoms with Crippen LogP contribution in [0.2, 0.25) is 0 Å². The third-order valence-electron chi connectivity index (χ3n) is 4.04. The molecular formula is C12H19NO2. The van der Waals surface area contributed by atoms with Gasteiger partial charge in [0.05, 0.1) is 0 Å². The van der Waals surface area contributed by atoms with Crippen LogP contribution >= 0.6 is 0 Å². The van der Waals surface area contributed by atoms with Gasteiger partial charge in [0.25, 0.3) is 0 Å². The molecule has 0 aromatic rings. The molecule has 0 spiro atoms. The van der Waals surface area contributed by atoms with Crippen LogP contribution in [0.5, 0.6) is 0 Å². The molecule has 1 aliphatic carbocycles. The van der Waals surface area contributed by atoms with Crippen molar-refractivity contribution in [2.24, 2.45) is 11.8 Å². The smallest absolute Gasteiger partial charge is 0.321 e. The van der Waals surface area contributed by atoms with E-state index in [4.69, 9.17) is 0 Å². The summed E-state index contributed by atoms with van der Waals surface area (Å²) in [5.41, 5.74) is 0. The van der Waals surface area contributed by atoms with Gasteiger partial charge < -0.3 is 5.11 Å². The second-order valence-electron chi connectivity index (χ2n) is 4.81. The minimum atomic E-state index is -0.655. The Hall–Kier alpha value is -0.830. The number of likely N-dealkylation sites (tertiary alicyclic amines) is 1. The summed E-state index contributed by atoms with van der Waals surface area (Å²) in [6, 6.07) is -0.0952. The molecule has 0 amide bonds. The molecule has 2 fully saturated rings. The van der Waals surface area contributed by atoms with Crippen LogP contribution in [0.15, 0.2) is 12.7 Å². The van der Waals surface area contributed by atoms with Gasteiger partial charge in [-0.2, -0.15) is 0 Å². The van der Waals surface area contributed by atoms with Crippen molar-refractivity contribution in [3.63, 3.8) is 0 Å². The second kappa shape index (κ2) is 3.97. The van der Waals surface area contributed by atoms with Crippen molar-refractivity contribution in [3.8, 4) is 0 Å². The van der Waals surface area contributed by atoms with Crippen LogP contribution < -0.4 is 0 Å². The van der Waals surface area contributed by atoms with Gasteiger partial charge in [0, 0.05) is 12.6 Å². The first-order chi connectivity index (χ1) is 7.15. The molecule has 0 bridgehead atoms. The molecule has 1 N–H and O–H groups in total. The molecular weight excluding hydrogens is 190 g/mol. The number of fused-ring (bicyclic) bond motifs is 1. The van der Waals surface area contributed by atoms with E-state index in [9.17, 15) is 9.90 Å². The van der Waals surface area contributed by atoms with Gasteiger partial charge in [-0.1, -0.05) is 12.5 Å². The summed E-state index contributed by atoms with van der Waals surface area (Å²) in [5, 5.41) is 9.30. The average Bonchev–Trinajstić information content (AvgIpc) is 2.73. The van der Waals surface area contributed by atoms with Crippen molar-refractivity contribution in [1.29, 1.82) is 0 Å². The van der Waals surface area contributed by atoms with Gasteiger partial charge in [0.1, 0.15) is 6.04 Å². The summed E-state index contributed by atoms with van der Waals surface area (Å²) < 4.78 is 0. The van der Waals surface area contributed by atoms with E-state index in [0.717, 1.165) is 13.0 Å². The van der Waals surface area contributed by atoms with Crippen LogP contribution in [0.25, 0.3) is 0 Å². The molecule has 0 aromatic heterocycles. The van der Waals surface area contributed by atoms with E-state index in [1.54, 1.807) is 0 Å². The van der Waals surface area contributed by atoms with Gasteiger partial charge in [-0.15, -0.1) is 6.58 Å². The van der Waals surface area contributed by atoms with E-state index < -0.39 is 5.97 Å². The normalized spacial score (nSPS) is 37.5. The maximum absolute atomic E-state index is 11.3. The summed E-state index contributed by atoms with van der Waals surface area (Å²) in [5.74, 6) is 0.330. The van der Waals surface area contributed by atoms with Gasteiger partial charge in [-0.25, -0.2) is 0 Å². The Bertz CT molecular complexity index is 277. The van der Waals surface area contributed by atoms with Crippen molar-refractivity contribution in [1.82, 2.24) is 4.90 Å². The zero-order valence-corrected chi connectivity index (χ0v) is 9.22. The Morgan fingerprint density at radius 1 is 1.60 bits per heavy atom. The van der Waals surface area contributed by atoms with Crippen molar-refractivity contribution in [2.45, 2.75) is 38.3 Å². The molecule has 1 aliphatic heterocycles. The highest BCUT2D eigenvalue weighted by atomic mass is 16.4. The first kappa shape index (κ1) is 10.7. The number of carboxylic acids is 1. The summed E-state index contributed by atoms with van der Waals surface area (Å²) in [6.45, 7) is 6.73. The first-order valence-electron chi connectivity index (χ1n) is 5.76. The van der Waals surface area contributed by atoms with Gasteiger partial charge in [0.2, 0.25) is 0 Å². The molecule has 4 atom stereocenters. The molecule has 0 radical (unpaired) electrons. The van der Waals surface area contributed by atoms with Crippen LogP contribution in [0.1, 0.15) is 26.2 Å². The lowest BCUT2D eigenvalue weighted by atomic mass is 9.94. The fraction of sp³-hybridized carbons (Fsp3) is 0.750. The monoisotopic (exact) mass is 209 g/mol. The average molecular weight is 209 g/mol. The zero-order chi connectivity index (χ0) is 11.0. The van der Waals surface area contributed by atoms with E-state index in [0.29, 0.717) is 11.8 Å². The SMILES string of the molecule is C=CC(C)N1CC2CCCC2C1C(=O)O. The molecule has 1 saturated heterocycles. The van der Waals surface area contributed by atoms with Crippen LogP contribution in [0.3, 0.4) is 0 Å². The largest absolute Gasteiger partial charge is 0.480 e.